The van der Waals surface area contributed by atoms with Gasteiger partial charge in [-0.25, -0.2) is 4.79 Å². The van der Waals surface area contributed by atoms with Gasteiger partial charge in [0.1, 0.15) is 11.3 Å². The highest BCUT2D eigenvalue weighted by atomic mass is 16.5. The van der Waals surface area contributed by atoms with Crippen molar-refractivity contribution in [2.75, 3.05) is 6.61 Å². The lowest BCUT2D eigenvalue weighted by molar-refractivity contribution is -0.123. The maximum absolute atomic E-state index is 11.7. The van der Waals surface area contributed by atoms with E-state index >= 15 is 0 Å². The van der Waals surface area contributed by atoms with Crippen molar-refractivity contribution in [3.63, 3.8) is 0 Å². The Morgan fingerprint density at radius 1 is 1.10 bits per heavy atom. The zero-order valence-electron chi connectivity index (χ0n) is 11.6. The van der Waals surface area contributed by atoms with Gasteiger partial charge in [-0.15, -0.1) is 0 Å². The lowest BCUT2D eigenvalue weighted by atomic mass is 10.1. The van der Waals surface area contributed by atoms with Crippen molar-refractivity contribution in [3.8, 4) is 5.75 Å². The van der Waals surface area contributed by atoms with Gasteiger partial charge < -0.3 is 4.74 Å². The molecule has 1 heterocycles. The summed E-state index contributed by atoms with van der Waals surface area (Å²) in [6, 6.07) is 6.29. The molecule has 1 aromatic rings. The summed E-state index contributed by atoms with van der Waals surface area (Å²) in [6.45, 7) is 2.62. The second kappa shape index (κ2) is 6.69. The zero-order valence-corrected chi connectivity index (χ0v) is 11.6. The maximum Gasteiger partial charge on any atom is 0.328 e. The summed E-state index contributed by atoms with van der Waals surface area (Å²) in [5.41, 5.74) is 0.490. The van der Waals surface area contributed by atoms with Crippen LogP contribution in [0.2, 0.25) is 0 Å². The molecule has 1 saturated heterocycles. The highest BCUT2D eigenvalue weighted by molar-refractivity contribution is 6.31. The summed E-state index contributed by atoms with van der Waals surface area (Å²) < 4.78 is 5.64. The van der Waals surface area contributed by atoms with Gasteiger partial charge in [0, 0.05) is 5.56 Å². The smallest absolute Gasteiger partial charge is 0.328 e. The Morgan fingerprint density at radius 3 is 2.43 bits per heavy atom. The number of barbiturate groups is 1. The van der Waals surface area contributed by atoms with E-state index in [0.717, 1.165) is 12.8 Å². The first kappa shape index (κ1) is 14.8. The minimum absolute atomic E-state index is 0.124. The van der Waals surface area contributed by atoms with Crippen molar-refractivity contribution in [3.05, 3.63) is 35.4 Å². The Kier molecular flexibility index (Phi) is 4.71. The van der Waals surface area contributed by atoms with Crippen molar-refractivity contribution >= 4 is 23.9 Å². The predicted octanol–water partition coefficient (Wildman–Crippen LogP) is 1.61. The van der Waals surface area contributed by atoms with Crippen LogP contribution in [0.5, 0.6) is 5.75 Å². The number of rotatable bonds is 5. The molecule has 110 valence electrons. The van der Waals surface area contributed by atoms with Gasteiger partial charge in [0.15, 0.2) is 0 Å². The molecule has 1 aliphatic heterocycles. The molecule has 0 aliphatic carbocycles. The third-order valence-electron chi connectivity index (χ3n) is 2.92. The van der Waals surface area contributed by atoms with Gasteiger partial charge in [0.25, 0.3) is 11.8 Å². The number of imide groups is 2. The molecule has 0 radical (unpaired) electrons. The quantitative estimate of drug-likeness (QED) is 0.490. The normalized spacial score (nSPS) is 14.5. The van der Waals surface area contributed by atoms with E-state index in [0.29, 0.717) is 17.9 Å². The van der Waals surface area contributed by atoms with Crippen LogP contribution >= 0.6 is 0 Å². The summed E-state index contributed by atoms with van der Waals surface area (Å²) in [4.78, 5) is 34.4. The lowest BCUT2D eigenvalue weighted by Gasteiger charge is -2.15. The van der Waals surface area contributed by atoms with Crippen molar-refractivity contribution in [1.82, 2.24) is 10.6 Å². The first-order valence-corrected chi connectivity index (χ1v) is 6.72. The van der Waals surface area contributed by atoms with Gasteiger partial charge in [0.05, 0.1) is 6.61 Å². The second-order valence-corrected chi connectivity index (χ2v) is 4.54. The monoisotopic (exact) mass is 288 g/mol. The highest BCUT2D eigenvalue weighted by Crippen LogP contribution is 2.22. The van der Waals surface area contributed by atoms with Crippen LogP contribution in [0.15, 0.2) is 29.8 Å². The van der Waals surface area contributed by atoms with E-state index in [2.05, 4.69) is 6.92 Å². The summed E-state index contributed by atoms with van der Waals surface area (Å²) >= 11 is 0. The van der Waals surface area contributed by atoms with Crippen LogP contribution in [0.25, 0.3) is 6.08 Å². The standard InChI is InChI=1S/C15H16N2O4/c1-2-3-8-21-12-7-5-4-6-10(12)9-11-13(18)16-15(20)17-14(11)19/h4-7,9H,2-3,8H2,1H3,(H2,16,17,18,19,20). The van der Waals surface area contributed by atoms with E-state index in [1.54, 1.807) is 18.2 Å². The van der Waals surface area contributed by atoms with Gasteiger partial charge in [-0.1, -0.05) is 31.5 Å². The molecule has 1 aromatic carbocycles. The predicted molar refractivity (Wildman–Crippen MR) is 76.5 cm³/mol. The molecule has 4 amide bonds. The number of unbranched alkanes of at least 4 members (excludes halogenated alkanes) is 1. The van der Waals surface area contributed by atoms with Gasteiger partial charge in [0.2, 0.25) is 0 Å². The number of hydrogen-bond acceptors (Lipinski definition) is 4. The van der Waals surface area contributed by atoms with Crippen molar-refractivity contribution < 1.29 is 19.1 Å². The number of hydrogen-bond donors (Lipinski definition) is 2. The maximum atomic E-state index is 11.7. The van der Waals surface area contributed by atoms with Crippen LogP contribution in [0.4, 0.5) is 4.79 Å². The third kappa shape index (κ3) is 3.68. The lowest BCUT2D eigenvalue weighted by Crippen LogP contribution is -2.51. The minimum atomic E-state index is -0.811. The summed E-state index contributed by atoms with van der Waals surface area (Å²) in [6.07, 6.45) is 3.34. The minimum Gasteiger partial charge on any atom is -0.493 e. The molecule has 1 aliphatic rings. The molecule has 6 heteroatoms. The summed E-state index contributed by atoms with van der Waals surface area (Å²) in [5, 5.41) is 4.07. The van der Waals surface area contributed by atoms with E-state index in [1.807, 2.05) is 16.7 Å². The van der Waals surface area contributed by atoms with E-state index in [-0.39, 0.29) is 5.57 Å². The van der Waals surface area contributed by atoms with E-state index < -0.39 is 17.8 Å². The molecule has 2 N–H and O–H groups in total. The van der Waals surface area contributed by atoms with Crippen molar-refractivity contribution in [2.24, 2.45) is 0 Å². The molecule has 0 bridgehead atoms. The average molecular weight is 288 g/mol. The topological polar surface area (TPSA) is 84.5 Å². The number of para-hydroxylation sites is 1. The molecule has 6 nitrogen and oxygen atoms in total. The Balaban J connectivity index is 2.25. The molecule has 2 rings (SSSR count). The second-order valence-electron chi connectivity index (χ2n) is 4.54. The van der Waals surface area contributed by atoms with Crippen LogP contribution in [0.3, 0.4) is 0 Å². The number of ether oxygens (including phenoxy) is 1. The van der Waals surface area contributed by atoms with Crippen LogP contribution in [-0.2, 0) is 9.59 Å². The van der Waals surface area contributed by atoms with E-state index in [1.165, 1.54) is 6.08 Å². The molecule has 1 fully saturated rings. The fourth-order valence-corrected chi connectivity index (χ4v) is 1.82. The Hall–Kier alpha value is -2.63. The fourth-order valence-electron chi connectivity index (χ4n) is 1.82. The van der Waals surface area contributed by atoms with Crippen LogP contribution in [0, 0.1) is 0 Å². The first-order chi connectivity index (χ1) is 10.1. The van der Waals surface area contributed by atoms with Gasteiger partial charge in [-0.05, 0) is 18.6 Å². The average Bonchev–Trinajstić information content (AvgIpc) is 2.44. The van der Waals surface area contributed by atoms with E-state index in [9.17, 15) is 14.4 Å². The van der Waals surface area contributed by atoms with Gasteiger partial charge >= 0.3 is 6.03 Å². The van der Waals surface area contributed by atoms with Gasteiger partial charge in [-0.2, -0.15) is 0 Å². The largest absolute Gasteiger partial charge is 0.493 e. The number of carbonyl (C=O) groups is 3. The number of amides is 4. The van der Waals surface area contributed by atoms with Gasteiger partial charge in [-0.3, -0.25) is 20.2 Å². The zero-order chi connectivity index (χ0) is 15.2. The molecule has 0 saturated carbocycles. The molecule has 0 unspecified atom stereocenters. The SMILES string of the molecule is CCCCOc1ccccc1C=C1C(=O)NC(=O)NC1=O. The molecular weight excluding hydrogens is 272 g/mol. The van der Waals surface area contributed by atoms with E-state index in [4.69, 9.17) is 4.74 Å². The Bertz CT molecular complexity index is 585. The number of benzene rings is 1. The van der Waals surface area contributed by atoms with Crippen LogP contribution < -0.4 is 15.4 Å². The highest BCUT2D eigenvalue weighted by Gasteiger charge is 2.27. The number of nitrogens with one attached hydrogen (secondary N) is 2. The number of carbonyl (C=O) groups excluding carboxylic acids is 3. The summed E-state index contributed by atoms with van der Waals surface area (Å²) in [5.74, 6) is -0.838. The molecule has 0 aromatic heterocycles. The fraction of sp³-hybridized carbons (Fsp3) is 0.267. The van der Waals surface area contributed by atoms with Crippen molar-refractivity contribution in [2.45, 2.75) is 19.8 Å². The molecule has 21 heavy (non-hydrogen) atoms. The first-order valence-electron chi connectivity index (χ1n) is 6.72. The number of urea groups is 1. The van der Waals surface area contributed by atoms with Crippen molar-refractivity contribution in [1.29, 1.82) is 0 Å². The molecular formula is C15H16N2O4. The molecule has 0 spiro atoms. The third-order valence-corrected chi connectivity index (χ3v) is 2.92. The Labute approximate surface area is 122 Å². The van der Waals surface area contributed by atoms with Crippen LogP contribution in [-0.4, -0.2) is 24.5 Å². The molecule has 0 atom stereocenters. The van der Waals surface area contributed by atoms with Crippen LogP contribution in [0.1, 0.15) is 25.3 Å². The Morgan fingerprint density at radius 2 is 1.76 bits per heavy atom. The summed E-state index contributed by atoms with van der Waals surface area (Å²) in [7, 11) is 0.